The predicted molar refractivity (Wildman–Crippen MR) is 83.7 cm³/mol. The Labute approximate surface area is 121 Å². The standard InChI is InChI=1S/C16H26N2O2/c1-16(2,3)11-6-7-18(10-11)13-9-15(20-5)14(19-4)8-12(13)17/h8-9,11H,6-7,10,17H2,1-5H3. The molecule has 1 aliphatic heterocycles. The molecule has 112 valence electrons. The fourth-order valence-electron chi connectivity index (χ4n) is 2.84. The van der Waals surface area contributed by atoms with E-state index in [2.05, 4.69) is 25.7 Å². The zero-order chi connectivity index (χ0) is 14.9. The van der Waals surface area contributed by atoms with Crippen LogP contribution in [0.2, 0.25) is 0 Å². The van der Waals surface area contributed by atoms with Gasteiger partial charge in [-0.05, 0) is 17.8 Å². The predicted octanol–water partition coefficient (Wildman–Crippen LogP) is 3.16. The van der Waals surface area contributed by atoms with E-state index in [0.29, 0.717) is 17.1 Å². The van der Waals surface area contributed by atoms with Crippen molar-refractivity contribution in [2.45, 2.75) is 27.2 Å². The molecule has 1 heterocycles. The van der Waals surface area contributed by atoms with Crippen LogP contribution in [-0.4, -0.2) is 27.3 Å². The topological polar surface area (TPSA) is 47.7 Å². The summed E-state index contributed by atoms with van der Waals surface area (Å²) in [4.78, 5) is 2.35. The Bertz CT molecular complexity index is 480. The second-order valence-electron chi connectivity index (χ2n) is 6.56. The van der Waals surface area contributed by atoms with E-state index in [1.54, 1.807) is 14.2 Å². The third-order valence-corrected chi connectivity index (χ3v) is 4.29. The van der Waals surface area contributed by atoms with Gasteiger partial charge >= 0.3 is 0 Å². The monoisotopic (exact) mass is 278 g/mol. The van der Waals surface area contributed by atoms with Crippen molar-refractivity contribution in [3.8, 4) is 11.5 Å². The third-order valence-electron chi connectivity index (χ3n) is 4.29. The molecule has 1 aromatic rings. The molecule has 1 unspecified atom stereocenters. The Balaban J connectivity index is 2.26. The number of nitrogen functional groups attached to an aromatic ring is 1. The van der Waals surface area contributed by atoms with E-state index in [0.717, 1.165) is 30.2 Å². The first-order valence-corrected chi connectivity index (χ1v) is 7.13. The third kappa shape index (κ3) is 2.79. The van der Waals surface area contributed by atoms with Crippen LogP contribution in [-0.2, 0) is 0 Å². The summed E-state index contributed by atoms with van der Waals surface area (Å²) >= 11 is 0. The Morgan fingerprint density at radius 3 is 2.25 bits per heavy atom. The van der Waals surface area contributed by atoms with E-state index >= 15 is 0 Å². The Hall–Kier alpha value is -1.58. The fourth-order valence-corrected chi connectivity index (χ4v) is 2.84. The summed E-state index contributed by atoms with van der Waals surface area (Å²) < 4.78 is 10.7. The average Bonchev–Trinajstić information content (AvgIpc) is 2.87. The summed E-state index contributed by atoms with van der Waals surface area (Å²) in [5.74, 6) is 2.10. The van der Waals surface area contributed by atoms with Crippen molar-refractivity contribution in [2.75, 3.05) is 37.9 Å². The van der Waals surface area contributed by atoms with Gasteiger partial charge in [0.15, 0.2) is 11.5 Å². The van der Waals surface area contributed by atoms with E-state index in [1.807, 2.05) is 12.1 Å². The van der Waals surface area contributed by atoms with Gasteiger partial charge in [0.1, 0.15) is 0 Å². The normalized spacial score (nSPS) is 19.2. The van der Waals surface area contributed by atoms with Gasteiger partial charge in [0, 0.05) is 25.2 Å². The molecule has 4 heteroatoms. The highest BCUT2D eigenvalue weighted by Gasteiger charge is 2.32. The van der Waals surface area contributed by atoms with Gasteiger partial charge in [-0.15, -0.1) is 0 Å². The van der Waals surface area contributed by atoms with Crippen LogP contribution < -0.4 is 20.1 Å². The number of nitrogens with zero attached hydrogens (tertiary/aromatic N) is 1. The van der Waals surface area contributed by atoms with Crippen molar-refractivity contribution in [1.82, 2.24) is 0 Å². The van der Waals surface area contributed by atoms with Gasteiger partial charge in [0.2, 0.25) is 0 Å². The molecule has 0 amide bonds. The van der Waals surface area contributed by atoms with Crippen molar-refractivity contribution in [3.63, 3.8) is 0 Å². The van der Waals surface area contributed by atoms with Crippen molar-refractivity contribution in [3.05, 3.63) is 12.1 Å². The minimum absolute atomic E-state index is 0.333. The lowest BCUT2D eigenvalue weighted by molar-refractivity contribution is 0.263. The molecule has 1 aliphatic rings. The van der Waals surface area contributed by atoms with E-state index in [-0.39, 0.29) is 0 Å². The number of benzene rings is 1. The van der Waals surface area contributed by atoms with E-state index in [9.17, 15) is 0 Å². The number of anilines is 2. The molecule has 2 N–H and O–H groups in total. The van der Waals surface area contributed by atoms with Crippen molar-refractivity contribution < 1.29 is 9.47 Å². The molecule has 2 rings (SSSR count). The maximum atomic E-state index is 6.18. The number of rotatable bonds is 3. The number of nitrogens with two attached hydrogens (primary N) is 1. The number of methoxy groups -OCH3 is 2. The van der Waals surface area contributed by atoms with Gasteiger partial charge in [-0.3, -0.25) is 0 Å². The van der Waals surface area contributed by atoms with Crippen LogP contribution in [0.5, 0.6) is 11.5 Å². The SMILES string of the molecule is COc1cc(N)c(N2CCC(C(C)(C)C)C2)cc1OC. The quantitative estimate of drug-likeness (QED) is 0.863. The summed E-state index contributed by atoms with van der Waals surface area (Å²) in [7, 11) is 3.28. The van der Waals surface area contributed by atoms with Crippen LogP contribution in [0.25, 0.3) is 0 Å². The van der Waals surface area contributed by atoms with Gasteiger partial charge < -0.3 is 20.1 Å². The molecular weight excluding hydrogens is 252 g/mol. The maximum absolute atomic E-state index is 6.18. The molecular formula is C16H26N2O2. The van der Waals surface area contributed by atoms with Crippen LogP contribution in [0.4, 0.5) is 11.4 Å². The summed E-state index contributed by atoms with van der Waals surface area (Å²) in [5.41, 5.74) is 8.31. The molecule has 0 aliphatic carbocycles. The second-order valence-corrected chi connectivity index (χ2v) is 6.56. The van der Waals surface area contributed by atoms with Crippen LogP contribution in [0.3, 0.4) is 0 Å². The summed E-state index contributed by atoms with van der Waals surface area (Å²) in [6.45, 7) is 9.00. The molecule has 20 heavy (non-hydrogen) atoms. The van der Waals surface area contributed by atoms with Gasteiger partial charge in [-0.1, -0.05) is 20.8 Å². The van der Waals surface area contributed by atoms with E-state index in [1.165, 1.54) is 6.42 Å². The molecule has 1 saturated heterocycles. The molecule has 1 atom stereocenters. The first kappa shape index (κ1) is 14.8. The summed E-state index contributed by atoms with van der Waals surface area (Å²) in [6.07, 6.45) is 1.21. The molecule has 1 aromatic carbocycles. The molecule has 0 spiro atoms. The van der Waals surface area contributed by atoms with Crippen molar-refractivity contribution >= 4 is 11.4 Å². The highest BCUT2D eigenvalue weighted by atomic mass is 16.5. The zero-order valence-electron chi connectivity index (χ0n) is 13.2. The Morgan fingerprint density at radius 1 is 1.15 bits per heavy atom. The molecule has 0 saturated carbocycles. The van der Waals surface area contributed by atoms with Crippen LogP contribution in [0.1, 0.15) is 27.2 Å². The van der Waals surface area contributed by atoms with E-state index < -0.39 is 0 Å². The van der Waals surface area contributed by atoms with Gasteiger partial charge in [-0.2, -0.15) is 0 Å². The van der Waals surface area contributed by atoms with Crippen LogP contribution >= 0.6 is 0 Å². The molecule has 0 bridgehead atoms. The lowest BCUT2D eigenvalue weighted by Crippen LogP contribution is -2.26. The first-order chi connectivity index (χ1) is 9.36. The average molecular weight is 278 g/mol. The minimum Gasteiger partial charge on any atom is -0.493 e. The second kappa shape index (κ2) is 5.43. The summed E-state index contributed by atoms with van der Waals surface area (Å²) in [5, 5.41) is 0. The lowest BCUT2D eigenvalue weighted by atomic mass is 9.80. The van der Waals surface area contributed by atoms with Crippen molar-refractivity contribution in [1.29, 1.82) is 0 Å². The zero-order valence-corrected chi connectivity index (χ0v) is 13.2. The Morgan fingerprint density at radius 2 is 1.75 bits per heavy atom. The summed E-state index contributed by atoms with van der Waals surface area (Å²) in [6, 6.07) is 3.83. The maximum Gasteiger partial charge on any atom is 0.162 e. The molecule has 0 radical (unpaired) electrons. The number of hydrogen-bond donors (Lipinski definition) is 1. The van der Waals surface area contributed by atoms with Crippen LogP contribution in [0.15, 0.2) is 12.1 Å². The van der Waals surface area contributed by atoms with Gasteiger partial charge in [-0.25, -0.2) is 0 Å². The van der Waals surface area contributed by atoms with Crippen LogP contribution in [0, 0.1) is 11.3 Å². The van der Waals surface area contributed by atoms with E-state index in [4.69, 9.17) is 15.2 Å². The smallest absolute Gasteiger partial charge is 0.162 e. The molecule has 1 fully saturated rings. The largest absolute Gasteiger partial charge is 0.493 e. The Kier molecular flexibility index (Phi) is 4.02. The number of hydrogen-bond acceptors (Lipinski definition) is 4. The molecule has 4 nitrogen and oxygen atoms in total. The van der Waals surface area contributed by atoms with Gasteiger partial charge in [0.25, 0.3) is 0 Å². The molecule has 0 aromatic heterocycles. The lowest BCUT2D eigenvalue weighted by Gasteiger charge is -2.28. The fraction of sp³-hybridized carbons (Fsp3) is 0.625. The first-order valence-electron chi connectivity index (χ1n) is 7.13. The highest BCUT2D eigenvalue weighted by Crippen LogP contribution is 2.41. The minimum atomic E-state index is 0.333. The van der Waals surface area contributed by atoms with Crippen molar-refractivity contribution in [2.24, 2.45) is 11.3 Å². The van der Waals surface area contributed by atoms with Gasteiger partial charge in [0.05, 0.1) is 25.6 Å². The highest BCUT2D eigenvalue weighted by molar-refractivity contribution is 5.73. The number of ether oxygens (including phenoxy) is 2.